The van der Waals surface area contributed by atoms with Gasteiger partial charge in [0.2, 0.25) is 0 Å². The molecule has 0 amide bonds. The molecule has 2 aromatic rings. The monoisotopic (exact) mass is 344 g/mol. The Kier molecular flexibility index (Phi) is 6.83. The van der Waals surface area contributed by atoms with Gasteiger partial charge in [-0.3, -0.25) is 9.59 Å². The van der Waals surface area contributed by atoms with Gasteiger partial charge < -0.3 is 18.9 Å². The zero-order valence-electron chi connectivity index (χ0n) is 14.2. The fourth-order valence-corrected chi connectivity index (χ4v) is 2.13. The van der Waals surface area contributed by atoms with Crippen LogP contribution >= 0.6 is 0 Å². The number of para-hydroxylation sites is 4. The molecule has 0 fully saturated rings. The van der Waals surface area contributed by atoms with Gasteiger partial charge in [0.05, 0.1) is 14.2 Å². The van der Waals surface area contributed by atoms with E-state index in [1.165, 1.54) is 14.2 Å². The van der Waals surface area contributed by atoms with Crippen molar-refractivity contribution in [3.8, 4) is 23.0 Å². The predicted molar refractivity (Wildman–Crippen MR) is 91.1 cm³/mol. The standard InChI is InChI=1S/C19H20O6/c1-22-14-8-3-5-10-16(14)24-18(20)12-7-13-19(21)25-17-11-6-4-9-15(17)23-2/h3-6,8-11H,7,12-13H2,1-2H3. The van der Waals surface area contributed by atoms with Crippen LogP contribution in [0.5, 0.6) is 23.0 Å². The minimum Gasteiger partial charge on any atom is -0.493 e. The Balaban J connectivity index is 1.78. The molecule has 0 bridgehead atoms. The summed E-state index contributed by atoms with van der Waals surface area (Å²) in [6.45, 7) is 0. The summed E-state index contributed by atoms with van der Waals surface area (Å²) < 4.78 is 20.7. The van der Waals surface area contributed by atoms with Crippen LogP contribution in [0.25, 0.3) is 0 Å². The number of hydrogen-bond donors (Lipinski definition) is 0. The van der Waals surface area contributed by atoms with Crippen molar-refractivity contribution in [2.45, 2.75) is 19.3 Å². The quantitative estimate of drug-likeness (QED) is 0.540. The number of benzene rings is 2. The lowest BCUT2D eigenvalue weighted by Crippen LogP contribution is -2.12. The van der Waals surface area contributed by atoms with E-state index in [0.29, 0.717) is 29.4 Å². The van der Waals surface area contributed by atoms with E-state index in [0.717, 1.165) is 0 Å². The molecule has 0 aliphatic heterocycles. The zero-order valence-corrected chi connectivity index (χ0v) is 14.2. The Morgan fingerprint density at radius 3 is 1.40 bits per heavy atom. The van der Waals surface area contributed by atoms with Gasteiger partial charge in [-0.2, -0.15) is 0 Å². The van der Waals surface area contributed by atoms with Gasteiger partial charge in [0.25, 0.3) is 0 Å². The first kappa shape index (κ1) is 18.3. The molecule has 0 aliphatic carbocycles. The van der Waals surface area contributed by atoms with Crippen molar-refractivity contribution >= 4 is 11.9 Å². The Morgan fingerprint density at radius 2 is 1.04 bits per heavy atom. The second-order valence-electron chi connectivity index (χ2n) is 5.10. The summed E-state index contributed by atoms with van der Waals surface area (Å²) in [6.07, 6.45) is 0.514. The van der Waals surface area contributed by atoms with Crippen LogP contribution in [-0.4, -0.2) is 26.2 Å². The molecule has 25 heavy (non-hydrogen) atoms. The number of carbonyl (C=O) groups excluding carboxylic acids is 2. The summed E-state index contributed by atoms with van der Waals surface area (Å²) in [4.78, 5) is 23.7. The van der Waals surface area contributed by atoms with E-state index in [1.54, 1.807) is 48.5 Å². The van der Waals surface area contributed by atoms with Crippen molar-refractivity contribution in [1.82, 2.24) is 0 Å². The molecule has 6 nitrogen and oxygen atoms in total. The second-order valence-corrected chi connectivity index (χ2v) is 5.10. The van der Waals surface area contributed by atoms with Gasteiger partial charge >= 0.3 is 11.9 Å². The van der Waals surface area contributed by atoms with E-state index >= 15 is 0 Å². The highest BCUT2D eigenvalue weighted by atomic mass is 16.6. The summed E-state index contributed by atoms with van der Waals surface area (Å²) in [7, 11) is 3.00. The molecule has 0 saturated heterocycles. The normalized spacial score (nSPS) is 10.0. The maximum Gasteiger partial charge on any atom is 0.311 e. The lowest BCUT2D eigenvalue weighted by molar-refractivity contribution is -0.136. The SMILES string of the molecule is COc1ccccc1OC(=O)CCCC(=O)Oc1ccccc1OC. The van der Waals surface area contributed by atoms with Crippen LogP contribution in [0.15, 0.2) is 48.5 Å². The van der Waals surface area contributed by atoms with Gasteiger partial charge in [-0.15, -0.1) is 0 Å². The summed E-state index contributed by atoms with van der Waals surface area (Å²) in [5.74, 6) is 0.792. The molecule has 0 atom stereocenters. The first-order valence-electron chi connectivity index (χ1n) is 7.81. The van der Waals surface area contributed by atoms with E-state index in [4.69, 9.17) is 18.9 Å². The van der Waals surface area contributed by atoms with Crippen molar-refractivity contribution in [2.75, 3.05) is 14.2 Å². The van der Waals surface area contributed by atoms with Crippen LogP contribution in [0.4, 0.5) is 0 Å². The summed E-state index contributed by atoms with van der Waals surface area (Å²) in [5.41, 5.74) is 0. The van der Waals surface area contributed by atoms with E-state index in [1.807, 2.05) is 0 Å². The molecule has 6 heteroatoms. The fraction of sp³-hybridized carbons (Fsp3) is 0.263. The highest BCUT2D eigenvalue weighted by Crippen LogP contribution is 2.27. The van der Waals surface area contributed by atoms with Crippen LogP contribution in [0, 0.1) is 0 Å². The first-order chi connectivity index (χ1) is 12.1. The minimum atomic E-state index is -0.436. The molecule has 2 rings (SSSR count). The molecule has 0 spiro atoms. The fourth-order valence-electron chi connectivity index (χ4n) is 2.13. The van der Waals surface area contributed by atoms with Crippen LogP contribution in [0.3, 0.4) is 0 Å². The first-order valence-corrected chi connectivity index (χ1v) is 7.81. The number of methoxy groups -OCH3 is 2. The van der Waals surface area contributed by atoms with Gasteiger partial charge in [-0.1, -0.05) is 24.3 Å². The maximum absolute atomic E-state index is 11.9. The highest BCUT2D eigenvalue weighted by Gasteiger charge is 2.13. The van der Waals surface area contributed by atoms with E-state index in [2.05, 4.69) is 0 Å². The number of hydrogen-bond acceptors (Lipinski definition) is 6. The average Bonchev–Trinajstić information content (AvgIpc) is 2.62. The van der Waals surface area contributed by atoms with Crippen LogP contribution < -0.4 is 18.9 Å². The molecule has 0 aliphatic rings. The molecule has 0 N–H and O–H groups in total. The molecular weight excluding hydrogens is 324 g/mol. The lowest BCUT2D eigenvalue weighted by Gasteiger charge is -2.09. The Bertz CT molecular complexity index is 664. The van der Waals surface area contributed by atoms with Crippen LogP contribution in [0.1, 0.15) is 19.3 Å². The molecule has 0 saturated carbocycles. The zero-order chi connectivity index (χ0) is 18.1. The molecule has 0 unspecified atom stereocenters. The van der Waals surface area contributed by atoms with E-state index in [-0.39, 0.29) is 12.8 Å². The third-order valence-corrected chi connectivity index (χ3v) is 3.35. The van der Waals surface area contributed by atoms with Crippen LogP contribution in [-0.2, 0) is 9.59 Å². The number of rotatable bonds is 8. The van der Waals surface area contributed by atoms with Gasteiger partial charge in [0.15, 0.2) is 23.0 Å². The molecular formula is C19H20O6. The summed E-state index contributed by atoms with van der Waals surface area (Å²) >= 11 is 0. The van der Waals surface area contributed by atoms with Crippen LogP contribution in [0.2, 0.25) is 0 Å². The molecule has 0 radical (unpaired) electrons. The summed E-state index contributed by atoms with van der Waals surface area (Å²) in [5, 5.41) is 0. The molecule has 2 aromatic carbocycles. The number of ether oxygens (including phenoxy) is 4. The van der Waals surface area contributed by atoms with Crippen molar-refractivity contribution < 1.29 is 28.5 Å². The predicted octanol–water partition coefficient (Wildman–Crippen LogP) is 3.39. The Labute approximate surface area is 146 Å². The maximum atomic E-state index is 11.9. The second kappa shape index (κ2) is 9.32. The number of carbonyl (C=O) groups is 2. The largest absolute Gasteiger partial charge is 0.493 e. The third kappa shape index (κ3) is 5.53. The van der Waals surface area contributed by atoms with Crippen molar-refractivity contribution in [2.24, 2.45) is 0 Å². The van der Waals surface area contributed by atoms with Gasteiger partial charge in [0, 0.05) is 12.8 Å². The van der Waals surface area contributed by atoms with Crippen molar-refractivity contribution in [3.63, 3.8) is 0 Å². The molecule has 0 heterocycles. The molecule has 0 aromatic heterocycles. The highest BCUT2D eigenvalue weighted by molar-refractivity contribution is 5.76. The number of esters is 2. The summed E-state index contributed by atoms with van der Waals surface area (Å²) in [6, 6.07) is 13.7. The van der Waals surface area contributed by atoms with Gasteiger partial charge in [-0.25, -0.2) is 0 Å². The van der Waals surface area contributed by atoms with Gasteiger partial charge in [0.1, 0.15) is 0 Å². The lowest BCUT2D eigenvalue weighted by atomic mass is 10.2. The van der Waals surface area contributed by atoms with Crippen molar-refractivity contribution in [3.05, 3.63) is 48.5 Å². The van der Waals surface area contributed by atoms with Gasteiger partial charge in [-0.05, 0) is 30.7 Å². The minimum absolute atomic E-state index is 0.0963. The Hall–Kier alpha value is -3.02. The topological polar surface area (TPSA) is 71.1 Å². The third-order valence-electron chi connectivity index (χ3n) is 3.35. The Morgan fingerprint density at radius 1 is 0.680 bits per heavy atom. The smallest absolute Gasteiger partial charge is 0.311 e. The average molecular weight is 344 g/mol. The molecule has 132 valence electrons. The van der Waals surface area contributed by atoms with E-state index < -0.39 is 11.9 Å². The van der Waals surface area contributed by atoms with E-state index in [9.17, 15) is 9.59 Å². The van der Waals surface area contributed by atoms with Crippen molar-refractivity contribution in [1.29, 1.82) is 0 Å².